The maximum absolute atomic E-state index is 13.2. The van der Waals surface area contributed by atoms with Gasteiger partial charge in [-0.1, -0.05) is 11.8 Å². The third-order valence-electron chi connectivity index (χ3n) is 6.15. The second-order valence-corrected chi connectivity index (χ2v) is 8.58. The molecule has 0 aliphatic heterocycles. The second kappa shape index (κ2) is 11.9. The third-order valence-corrected chi connectivity index (χ3v) is 6.15. The molecule has 2 saturated carbocycles. The van der Waals surface area contributed by atoms with E-state index >= 15 is 0 Å². The van der Waals surface area contributed by atoms with Crippen LogP contribution in [0.3, 0.4) is 0 Å². The Labute approximate surface area is 211 Å². The van der Waals surface area contributed by atoms with Crippen LogP contribution in [-0.2, 0) is 14.3 Å². The van der Waals surface area contributed by atoms with Gasteiger partial charge < -0.3 is 15.2 Å². The lowest BCUT2D eigenvalue weighted by Gasteiger charge is -2.27. The van der Waals surface area contributed by atoms with E-state index in [0.29, 0.717) is 23.1 Å². The normalized spacial score (nSPS) is 13.9. The Balaban J connectivity index is 0.00000115. The summed E-state index contributed by atoms with van der Waals surface area (Å²) in [6.07, 6.45) is 10.9. The van der Waals surface area contributed by atoms with Crippen molar-refractivity contribution in [2.45, 2.75) is 58.0 Å². The number of benzene rings is 1. The van der Waals surface area contributed by atoms with E-state index in [1.807, 2.05) is 25.1 Å². The van der Waals surface area contributed by atoms with Gasteiger partial charge in [0.25, 0.3) is 6.47 Å². The fraction of sp³-hybridized carbons (Fsp3) is 0.357. The molecule has 2 aliphatic carbocycles. The summed E-state index contributed by atoms with van der Waals surface area (Å²) in [5.74, 6) is 8.49. The molecule has 8 nitrogen and oxygen atoms in total. The van der Waals surface area contributed by atoms with Crippen molar-refractivity contribution in [1.29, 1.82) is 5.41 Å². The number of carbonyl (C=O) groups is 2. The number of nitrogens with zero attached hydrogens (tertiary/aromatic N) is 2. The number of anilines is 3. The van der Waals surface area contributed by atoms with Crippen molar-refractivity contribution in [3.8, 4) is 24.2 Å². The average Bonchev–Trinajstić information content (AvgIpc) is 3.67. The van der Waals surface area contributed by atoms with Crippen molar-refractivity contribution >= 4 is 35.5 Å². The first-order valence-electron chi connectivity index (χ1n) is 11.8. The lowest BCUT2D eigenvalue weighted by atomic mass is 9.96. The van der Waals surface area contributed by atoms with Gasteiger partial charge in [0.2, 0.25) is 5.90 Å². The highest BCUT2D eigenvalue weighted by Gasteiger charge is 2.32. The van der Waals surface area contributed by atoms with E-state index in [1.165, 1.54) is 4.90 Å². The van der Waals surface area contributed by atoms with Gasteiger partial charge in [0.1, 0.15) is 17.6 Å². The Morgan fingerprint density at radius 3 is 2.53 bits per heavy atom. The monoisotopic (exact) mass is 486 g/mol. The van der Waals surface area contributed by atoms with Gasteiger partial charge in [-0.15, -0.1) is 6.42 Å². The van der Waals surface area contributed by atoms with Gasteiger partial charge in [0.05, 0.1) is 11.4 Å². The smallest absolute Gasteiger partial charge is 0.308 e. The van der Waals surface area contributed by atoms with E-state index in [2.05, 4.69) is 23.1 Å². The summed E-state index contributed by atoms with van der Waals surface area (Å²) in [7, 11) is 1.77. The van der Waals surface area contributed by atoms with Crippen molar-refractivity contribution < 1.29 is 19.4 Å². The maximum Gasteiger partial charge on any atom is 0.308 e. The SMILES string of the molecule is C#Cc1cc(C2CC2)c(N(C(=O)C#CC)c2ccc(NC)c(C(=N)OC3CCC3)n2)cc1C.O=CO. The molecule has 3 N–H and O–H groups in total. The highest BCUT2D eigenvalue weighted by atomic mass is 16.5. The van der Waals surface area contributed by atoms with Crippen LogP contribution in [0.5, 0.6) is 0 Å². The van der Waals surface area contributed by atoms with Gasteiger partial charge in [-0.2, -0.15) is 0 Å². The van der Waals surface area contributed by atoms with E-state index in [9.17, 15) is 4.79 Å². The molecule has 1 aromatic heterocycles. The maximum atomic E-state index is 13.2. The van der Waals surface area contributed by atoms with Gasteiger partial charge in [-0.05, 0) is 93.2 Å². The molecule has 186 valence electrons. The van der Waals surface area contributed by atoms with E-state index in [0.717, 1.165) is 54.5 Å². The number of terminal acetylenes is 1. The van der Waals surface area contributed by atoms with Crippen LogP contribution >= 0.6 is 0 Å². The minimum atomic E-state index is -0.380. The zero-order chi connectivity index (χ0) is 26.2. The summed E-state index contributed by atoms with van der Waals surface area (Å²) in [5, 5.41) is 18.5. The van der Waals surface area contributed by atoms with Gasteiger partial charge in [0, 0.05) is 12.6 Å². The number of aryl methyl sites for hydroxylation is 1. The van der Waals surface area contributed by atoms with E-state index in [1.54, 1.807) is 20.0 Å². The number of amides is 1. The van der Waals surface area contributed by atoms with Gasteiger partial charge in [-0.3, -0.25) is 19.9 Å². The molecule has 36 heavy (non-hydrogen) atoms. The Hall–Kier alpha value is -4.30. The molecular weight excluding hydrogens is 456 g/mol. The Morgan fingerprint density at radius 2 is 2.00 bits per heavy atom. The number of rotatable bonds is 6. The van der Waals surface area contributed by atoms with E-state index in [-0.39, 0.29) is 24.4 Å². The Bertz CT molecular complexity index is 1260. The van der Waals surface area contributed by atoms with Gasteiger partial charge in [0.15, 0.2) is 0 Å². The summed E-state index contributed by atoms with van der Waals surface area (Å²) >= 11 is 0. The van der Waals surface area contributed by atoms with Crippen LogP contribution in [-0.4, -0.2) is 41.5 Å². The minimum Gasteiger partial charge on any atom is -0.483 e. The van der Waals surface area contributed by atoms with Crippen molar-refractivity contribution in [3.05, 3.63) is 46.6 Å². The summed E-state index contributed by atoms with van der Waals surface area (Å²) in [6.45, 7) is 3.32. The topological polar surface area (TPSA) is 116 Å². The van der Waals surface area contributed by atoms with E-state index < -0.39 is 0 Å². The molecular formula is C28H30N4O4. The zero-order valence-electron chi connectivity index (χ0n) is 20.7. The van der Waals surface area contributed by atoms with Crippen LogP contribution in [0.1, 0.15) is 67.3 Å². The first kappa shape index (κ1) is 26.3. The summed E-state index contributed by atoms with van der Waals surface area (Å²) < 4.78 is 5.81. The van der Waals surface area contributed by atoms with Crippen LogP contribution in [0.2, 0.25) is 0 Å². The number of hydrogen-bond acceptors (Lipinski definition) is 6. The van der Waals surface area contributed by atoms with Gasteiger partial charge in [-0.25, -0.2) is 4.98 Å². The number of carboxylic acid groups (broad SMARTS) is 1. The molecule has 2 aliphatic rings. The molecule has 0 saturated heterocycles. The van der Waals surface area contributed by atoms with Crippen LogP contribution in [0, 0.1) is 36.5 Å². The minimum absolute atomic E-state index is 0.00107. The third kappa shape index (κ3) is 5.84. The molecule has 4 rings (SSSR count). The predicted molar refractivity (Wildman–Crippen MR) is 140 cm³/mol. The Kier molecular flexibility index (Phi) is 8.70. The number of carbonyl (C=O) groups excluding carboxylic acids is 1. The van der Waals surface area contributed by atoms with Crippen LogP contribution < -0.4 is 10.2 Å². The molecule has 2 fully saturated rings. The molecule has 0 radical (unpaired) electrons. The van der Waals surface area contributed by atoms with Crippen LogP contribution in [0.15, 0.2) is 24.3 Å². The molecule has 0 spiro atoms. The van der Waals surface area contributed by atoms with Gasteiger partial charge >= 0.3 is 5.91 Å². The number of ether oxygens (including phenoxy) is 1. The fourth-order valence-corrected chi connectivity index (χ4v) is 3.94. The van der Waals surface area contributed by atoms with Crippen molar-refractivity contribution in [2.75, 3.05) is 17.3 Å². The molecule has 0 unspecified atom stereocenters. The van der Waals surface area contributed by atoms with E-state index in [4.69, 9.17) is 31.5 Å². The number of aromatic nitrogens is 1. The molecule has 1 heterocycles. The molecule has 8 heteroatoms. The Morgan fingerprint density at radius 1 is 1.31 bits per heavy atom. The molecule has 1 aromatic carbocycles. The lowest BCUT2D eigenvalue weighted by Crippen LogP contribution is -2.29. The molecule has 2 aromatic rings. The highest BCUT2D eigenvalue weighted by molar-refractivity contribution is 6.11. The standard InChI is InChI=1S/C27H28N4O2.CH2O2/c1-5-8-25(32)31(23-15-17(3)18(6-2)16-21(23)19-11-12-19)24-14-13-22(29-4)26(30-24)27(28)33-20-9-7-10-20;2-1-3/h2,13-16,19-20,28-29H,7,9-12H2,1,3-4H3;1H,(H,2,3). The number of hydrogen-bond donors (Lipinski definition) is 3. The second-order valence-electron chi connectivity index (χ2n) is 8.58. The van der Waals surface area contributed by atoms with Crippen LogP contribution in [0.25, 0.3) is 0 Å². The predicted octanol–water partition coefficient (Wildman–Crippen LogP) is 4.57. The van der Waals surface area contributed by atoms with Crippen molar-refractivity contribution in [3.63, 3.8) is 0 Å². The van der Waals surface area contributed by atoms with Crippen molar-refractivity contribution in [2.24, 2.45) is 0 Å². The summed E-state index contributed by atoms with van der Waals surface area (Å²) in [6, 6.07) is 7.53. The first-order chi connectivity index (χ1) is 17.4. The first-order valence-corrected chi connectivity index (χ1v) is 11.8. The highest BCUT2D eigenvalue weighted by Crippen LogP contribution is 2.46. The number of nitrogens with one attached hydrogen (secondary N) is 2. The summed E-state index contributed by atoms with van der Waals surface area (Å²) in [5.41, 5.74) is 4.54. The largest absolute Gasteiger partial charge is 0.483 e. The quantitative estimate of drug-likeness (QED) is 0.238. The summed E-state index contributed by atoms with van der Waals surface area (Å²) in [4.78, 5) is 27.9. The lowest BCUT2D eigenvalue weighted by molar-refractivity contribution is -0.122. The molecule has 0 atom stereocenters. The van der Waals surface area contributed by atoms with Crippen molar-refractivity contribution in [1.82, 2.24) is 4.98 Å². The number of pyridine rings is 1. The zero-order valence-corrected chi connectivity index (χ0v) is 20.7. The van der Waals surface area contributed by atoms with Crippen LogP contribution in [0.4, 0.5) is 17.2 Å². The fourth-order valence-electron chi connectivity index (χ4n) is 3.94. The molecule has 1 amide bonds. The molecule has 0 bridgehead atoms. The average molecular weight is 487 g/mol.